The van der Waals surface area contributed by atoms with Gasteiger partial charge in [0.15, 0.2) is 5.78 Å². The third kappa shape index (κ3) is 3.12. The number of likely N-dealkylation sites (N-methyl/N-ethyl adjacent to an activating group) is 1. The molecule has 0 amide bonds. The number of carbonyl (C=O) groups is 1. The molecule has 0 saturated heterocycles. The molecule has 0 bridgehead atoms. The van der Waals surface area contributed by atoms with Gasteiger partial charge in [0.1, 0.15) is 0 Å². The topological polar surface area (TPSA) is 38.1 Å². The van der Waals surface area contributed by atoms with E-state index in [0.717, 1.165) is 43.7 Å². The lowest BCUT2D eigenvalue weighted by atomic mass is 9.90. The second-order valence-corrected chi connectivity index (χ2v) is 8.11. The first-order valence-electron chi connectivity index (χ1n) is 11.0. The van der Waals surface area contributed by atoms with E-state index in [1.165, 1.54) is 32.7 Å². The number of carbonyl (C=O) groups excluding carboxylic acids is 1. The summed E-state index contributed by atoms with van der Waals surface area (Å²) in [6.45, 7) is 7.63. The monoisotopic (exact) mass is 397 g/mol. The zero-order chi connectivity index (χ0) is 20.7. The number of aromatic nitrogens is 2. The molecule has 1 aliphatic rings. The number of ketones is 1. The number of rotatable bonds is 6. The zero-order valence-electron chi connectivity index (χ0n) is 17.7. The Labute approximate surface area is 177 Å². The molecule has 4 nitrogen and oxygen atoms in total. The number of aryl methyl sites for hydroxylation is 1. The Morgan fingerprint density at radius 1 is 1.03 bits per heavy atom. The van der Waals surface area contributed by atoms with Crippen LogP contribution in [-0.2, 0) is 12.8 Å². The van der Waals surface area contributed by atoms with Gasteiger partial charge < -0.3 is 4.90 Å². The van der Waals surface area contributed by atoms with Crippen LogP contribution in [0.3, 0.4) is 0 Å². The van der Waals surface area contributed by atoms with E-state index in [9.17, 15) is 4.79 Å². The van der Waals surface area contributed by atoms with Crippen LogP contribution in [0.15, 0.2) is 54.9 Å². The lowest BCUT2D eigenvalue weighted by Gasteiger charge is -2.20. The molecule has 0 atom stereocenters. The largest absolute Gasteiger partial charge is 0.304 e. The molecule has 4 aromatic rings. The fourth-order valence-electron chi connectivity index (χ4n) is 4.86. The first-order chi connectivity index (χ1) is 14.7. The zero-order valence-corrected chi connectivity index (χ0v) is 17.7. The maximum atomic E-state index is 12.5. The van der Waals surface area contributed by atoms with E-state index in [1.54, 1.807) is 6.20 Å². The normalized spacial score (nSPS) is 13.6. The number of Topliss-reactive ketones (excluding diaryl/α,β-unsaturated/α-hetero) is 1. The maximum Gasteiger partial charge on any atom is 0.163 e. The van der Waals surface area contributed by atoms with E-state index in [0.29, 0.717) is 6.42 Å². The quantitative estimate of drug-likeness (QED) is 0.420. The summed E-state index contributed by atoms with van der Waals surface area (Å²) in [4.78, 5) is 14.9. The predicted octanol–water partition coefficient (Wildman–Crippen LogP) is 5.19. The van der Waals surface area contributed by atoms with Crippen molar-refractivity contribution in [3.63, 3.8) is 0 Å². The molecular weight excluding hydrogens is 370 g/mol. The standard InChI is InChI=1S/C26H27N3O/c1-3-28(4-2)15-12-19-16-18-6-7-20(29-14-5-13-27-29)17-24(18)26-21(19)8-9-22-23(26)10-11-25(22)30/h5-9,13-14,16-17H,3-4,10-12,15H2,1-2H3. The molecule has 0 fully saturated rings. The lowest BCUT2D eigenvalue weighted by Crippen LogP contribution is -2.25. The number of benzene rings is 3. The summed E-state index contributed by atoms with van der Waals surface area (Å²) in [5.41, 5.74) is 4.56. The summed E-state index contributed by atoms with van der Waals surface area (Å²) in [5, 5.41) is 9.41. The molecule has 0 N–H and O–H groups in total. The summed E-state index contributed by atoms with van der Waals surface area (Å²) in [5.74, 6) is 0.275. The van der Waals surface area contributed by atoms with Crippen molar-refractivity contribution in [1.29, 1.82) is 0 Å². The Balaban J connectivity index is 1.74. The molecule has 0 aliphatic heterocycles. The Kier molecular flexibility index (Phi) is 4.87. The predicted molar refractivity (Wildman–Crippen MR) is 123 cm³/mol. The molecule has 3 aromatic carbocycles. The van der Waals surface area contributed by atoms with Crippen LogP contribution in [0.5, 0.6) is 0 Å². The first-order valence-corrected chi connectivity index (χ1v) is 11.0. The lowest BCUT2D eigenvalue weighted by molar-refractivity contribution is 0.0994. The van der Waals surface area contributed by atoms with Crippen molar-refractivity contribution in [1.82, 2.24) is 14.7 Å². The van der Waals surface area contributed by atoms with E-state index in [1.807, 2.05) is 16.9 Å². The number of nitrogens with zero attached hydrogens (tertiary/aromatic N) is 3. The second kappa shape index (κ2) is 7.69. The molecule has 1 aliphatic carbocycles. The molecule has 30 heavy (non-hydrogen) atoms. The van der Waals surface area contributed by atoms with Crippen molar-refractivity contribution in [2.24, 2.45) is 0 Å². The van der Waals surface area contributed by atoms with Gasteiger partial charge in [-0.15, -0.1) is 0 Å². The van der Waals surface area contributed by atoms with Crippen molar-refractivity contribution in [2.75, 3.05) is 19.6 Å². The molecule has 1 heterocycles. The van der Waals surface area contributed by atoms with Crippen LogP contribution < -0.4 is 0 Å². The third-order valence-corrected chi connectivity index (χ3v) is 6.56. The fraction of sp³-hybridized carbons (Fsp3) is 0.308. The number of hydrogen-bond acceptors (Lipinski definition) is 3. The molecule has 5 rings (SSSR count). The van der Waals surface area contributed by atoms with Crippen LogP contribution in [-0.4, -0.2) is 40.1 Å². The molecule has 0 saturated carbocycles. The highest BCUT2D eigenvalue weighted by Gasteiger charge is 2.23. The fourth-order valence-corrected chi connectivity index (χ4v) is 4.86. The average molecular weight is 398 g/mol. The van der Waals surface area contributed by atoms with Crippen LogP contribution in [0.2, 0.25) is 0 Å². The first kappa shape index (κ1) is 19.0. The minimum Gasteiger partial charge on any atom is -0.304 e. The van der Waals surface area contributed by atoms with Gasteiger partial charge in [-0.2, -0.15) is 5.10 Å². The van der Waals surface area contributed by atoms with Crippen LogP contribution in [0.1, 0.15) is 41.8 Å². The van der Waals surface area contributed by atoms with Crippen molar-refractivity contribution in [3.05, 3.63) is 71.5 Å². The number of fused-ring (bicyclic) bond motifs is 5. The van der Waals surface area contributed by atoms with Crippen LogP contribution in [0.25, 0.3) is 27.2 Å². The Morgan fingerprint density at radius 2 is 1.90 bits per heavy atom. The minimum absolute atomic E-state index is 0.275. The highest BCUT2D eigenvalue weighted by molar-refractivity contribution is 6.16. The van der Waals surface area contributed by atoms with Gasteiger partial charge >= 0.3 is 0 Å². The van der Waals surface area contributed by atoms with E-state index < -0.39 is 0 Å². The minimum atomic E-state index is 0.275. The number of hydrogen-bond donors (Lipinski definition) is 0. The molecule has 152 valence electrons. The SMILES string of the molecule is CCN(CC)CCc1cc2ccc(-n3cccn3)cc2c2c3c(ccc12)C(=O)CC3. The molecular formula is C26H27N3O. The van der Waals surface area contributed by atoms with Gasteiger partial charge in [-0.25, -0.2) is 4.68 Å². The highest BCUT2D eigenvalue weighted by atomic mass is 16.1. The molecule has 0 unspecified atom stereocenters. The van der Waals surface area contributed by atoms with Gasteiger partial charge in [0.2, 0.25) is 0 Å². The van der Waals surface area contributed by atoms with Crippen LogP contribution in [0, 0.1) is 0 Å². The Bertz CT molecular complexity index is 1240. The van der Waals surface area contributed by atoms with E-state index in [-0.39, 0.29) is 5.78 Å². The summed E-state index contributed by atoms with van der Waals surface area (Å²) in [6.07, 6.45) is 6.25. The summed E-state index contributed by atoms with van der Waals surface area (Å²) < 4.78 is 1.90. The van der Waals surface area contributed by atoms with Crippen molar-refractivity contribution in [3.8, 4) is 5.69 Å². The van der Waals surface area contributed by atoms with E-state index in [4.69, 9.17) is 0 Å². The van der Waals surface area contributed by atoms with Crippen LogP contribution >= 0.6 is 0 Å². The highest BCUT2D eigenvalue weighted by Crippen LogP contribution is 2.37. The van der Waals surface area contributed by atoms with Gasteiger partial charge in [-0.1, -0.05) is 38.1 Å². The second-order valence-electron chi connectivity index (χ2n) is 8.11. The van der Waals surface area contributed by atoms with Gasteiger partial charge in [0.05, 0.1) is 5.69 Å². The smallest absolute Gasteiger partial charge is 0.163 e. The Hall–Kier alpha value is -2.98. The van der Waals surface area contributed by atoms with Crippen molar-refractivity contribution in [2.45, 2.75) is 33.1 Å². The third-order valence-electron chi connectivity index (χ3n) is 6.56. The van der Waals surface area contributed by atoms with Gasteiger partial charge in [0.25, 0.3) is 0 Å². The molecule has 1 aromatic heterocycles. The molecule has 0 radical (unpaired) electrons. The van der Waals surface area contributed by atoms with Crippen LogP contribution in [0.4, 0.5) is 0 Å². The molecule has 0 spiro atoms. The van der Waals surface area contributed by atoms with Crippen molar-refractivity contribution < 1.29 is 4.79 Å². The van der Waals surface area contributed by atoms with E-state index >= 15 is 0 Å². The summed E-state index contributed by atoms with van der Waals surface area (Å²) in [6, 6.07) is 15.1. The van der Waals surface area contributed by atoms with Gasteiger partial charge in [-0.05, 0) is 76.8 Å². The van der Waals surface area contributed by atoms with Gasteiger partial charge in [-0.3, -0.25) is 4.79 Å². The average Bonchev–Trinajstić information content (AvgIpc) is 3.44. The van der Waals surface area contributed by atoms with Gasteiger partial charge in [0, 0.05) is 30.9 Å². The van der Waals surface area contributed by atoms with Crippen molar-refractivity contribution >= 4 is 27.3 Å². The maximum absolute atomic E-state index is 12.5. The summed E-state index contributed by atoms with van der Waals surface area (Å²) >= 11 is 0. The Morgan fingerprint density at radius 3 is 2.67 bits per heavy atom. The van der Waals surface area contributed by atoms with E-state index in [2.05, 4.69) is 60.2 Å². The summed E-state index contributed by atoms with van der Waals surface area (Å²) in [7, 11) is 0. The molecule has 4 heteroatoms.